The smallest absolute Gasteiger partial charge is 0.391 e. The molecule has 0 spiro atoms. The molecule has 2 heterocycles. The van der Waals surface area contributed by atoms with Gasteiger partial charge in [-0.2, -0.15) is 13.2 Å². The van der Waals surface area contributed by atoms with Gasteiger partial charge in [0.1, 0.15) is 5.82 Å². The number of amides is 2. The Morgan fingerprint density at radius 3 is 2.74 bits per heavy atom. The van der Waals surface area contributed by atoms with Crippen LogP contribution in [0.2, 0.25) is 10.0 Å². The number of rotatable bonds is 5. The number of fused-ring (bicyclic) bond motifs is 1. The van der Waals surface area contributed by atoms with Crippen LogP contribution in [-0.2, 0) is 19.4 Å². The fourth-order valence-corrected chi connectivity index (χ4v) is 4.87. The normalized spacial score (nSPS) is 21.3. The summed E-state index contributed by atoms with van der Waals surface area (Å²) in [7, 11) is 0. The van der Waals surface area contributed by atoms with Crippen LogP contribution in [0, 0.1) is 5.92 Å². The number of carbonyl (C=O) groups excluding carboxylic acids is 1. The Morgan fingerprint density at radius 2 is 2.06 bits per heavy atom. The molecule has 2 aromatic rings. The second kappa shape index (κ2) is 10.3. The van der Waals surface area contributed by atoms with Crippen molar-refractivity contribution in [3.05, 3.63) is 57.1 Å². The predicted molar refractivity (Wildman–Crippen MR) is 122 cm³/mol. The van der Waals surface area contributed by atoms with E-state index in [1.165, 1.54) is 23.1 Å². The van der Waals surface area contributed by atoms with Gasteiger partial charge < -0.3 is 15.3 Å². The van der Waals surface area contributed by atoms with Crippen LogP contribution in [0.5, 0.6) is 0 Å². The van der Waals surface area contributed by atoms with Crippen LogP contribution < -0.4 is 5.32 Å². The highest BCUT2D eigenvalue weighted by Crippen LogP contribution is 2.33. The van der Waals surface area contributed by atoms with Crippen LogP contribution in [0.3, 0.4) is 0 Å². The highest BCUT2D eigenvalue weighted by molar-refractivity contribution is 6.42. The number of aliphatic hydroxyl groups is 1. The minimum atomic E-state index is -4.49. The maximum atomic E-state index is 13.2. The summed E-state index contributed by atoms with van der Waals surface area (Å²) in [5.74, 6) is 0.983. The van der Waals surface area contributed by atoms with Crippen molar-refractivity contribution < 1.29 is 23.1 Å². The monoisotopic (exact) mass is 516 g/mol. The Kier molecular flexibility index (Phi) is 7.54. The molecular weight excluding hydrogens is 492 g/mol. The van der Waals surface area contributed by atoms with Gasteiger partial charge in [0.05, 0.1) is 40.9 Å². The molecule has 0 radical (unpaired) electrons. The standard InChI is InChI=1S/C23H25Cl2F3N4O2/c24-17-4-2-14(9-18(17)25)19(10-23(26,27)28)31-22(34)32-6-5-15-11-29-21(30-20(15)12-32)8-13-1-3-16(33)7-13/h2,4,9,11,13,16,19,33H,1,3,5-8,10,12H2,(H,31,34)/t13-,16-,19?/m0/s1. The topological polar surface area (TPSA) is 78.4 Å². The molecule has 34 heavy (non-hydrogen) atoms. The number of aliphatic hydroxyl groups excluding tert-OH is 1. The van der Waals surface area contributed by atoms with Crippen molar-refractivity contribution in [1.82, 2.24) is 20.2 Å². The van der Waals surface area contributed by atoms with E-state index in [0.717, 1.165) is 24.8 Å². The van der Waals surface area contributed by atoms with Gasteiger partial charge in [0.25, 0.3) is 0 Å². The molecular formula is C23H25Cl2F3N4O2. The van der Waals surface area contributed by atoms with Crippen LogP contribution in [0.15, 0.2) is 24.4 Å². The van der Waals surface area contributed by atoms with Crippen molar-refractivity contribution in [2.75, 3.05) is 6.54 Å². The molecule has 0 bridgehead atoms. The number of hydrogen-bond acceptors (Lipinski definition) is 4. The molecule has 11 heteroatoms. The molecule has 1 aliphatic heterocycles. The lowest BCUT2D eigenvalue weighted by molar-refractivity contribution is -0.139. The maximum absolute atomic E-state index is 13.2. The van der Waals surface area contributed by atoms with Gasteiger partial charge in [0, 0.05) is 19.2 Å². The number of aromatic nitrogens is 2. The molecule has 1 unspecified atom stereocenters. The highest BCUT2D eigenvalue weighted by Gasteiger charge is 2.35. The summed E-state index contributed by atoms with van der Waals surface area (Å²) >= 11 is 11.9. The number of nitrogens with zero attached hydrogens (tertiary/aromatic N) is 3. The SMILES string of the molecule is O=C(NC(CC(F)(F)F)c1ccc(Cl)c(Cl)c1)N1CCc2cnc(C[C@H]3CC[C@H](O)C3)nc2C1. The zero-order chi connectivity index (χ0) is 24.5. The second-order valence-electron chi connectivity index (χ2n) is 8.96. The van der Waals surface area contributed by atoms with Gasteiger partial charge in [0.2, 0.25) is 0 Å². The molecule has 1 fully saturated rings. The summed E-state index contributed by atoms with van der Waals surface area (Å²) in [6.07, 6.45) is -0.641. The van der Waals surface area contributed by atoms with Crippen molar-refractivity contribution in [1.29, 1.82) is 0 Å². The van der Waals surface area contributed by atoms with Gasteiger partial charge in [-0.15, -0.1) is 0 Å². The molecule has 1 aliphatic carbocycles. The van der Waals surface area contributed by atoms with Crippen molar-refractivity contribution in [2.24, 2.45) is 5.92 Å². The molecule has 184 valence electrons. The summed E-state index contributed by atoms with van der Waals surface area (Å²) in [5.41, 5.74) is 1.85. The van der Waals surface area contributed by atoms with Gasteiger partial charge in [-0.3, -0.25) is 0 Å². The van der Waals surface area contributed by atoms with Crippen LogP contribution >= 0.6 is 23.2 Å². The van der Waals surface area contributed by atoms with Crippen molar-refractivity contribution in [3.63, 3.8) is 0 Å². The quantitative estimate of drug-likeness (QED) is 0.568. The molecule has 1 aromatic heterocycles. The van der Waals surface area contributed by atoms with E-state index < -0.39 is 24.7 Å². The third kappa shape index (κ3) is 6.31. The average molecular weight is 517 g/mol. The van der Waals surface area contributed by atoms with Gasteiger partial charge in [-0.25, -0.2) is 14.8 Å². The van der Waals surface area contributed by atoms with E-state index in [1.807, 2.05) is 0 Å². The molecule has 3 atom stereocenters. The fourth-order valence-electron chi connectivity index (χ4n) is 4.56. The Hall–Kier alpha value is -2.10. The van der Waals surface area contributed by atoms with E-state index >= 15 is 0 Å². The van der Waals surface area contributed by atoms with E-state index in [9.17, 15) is 23.1 Å². The van der Waals surface area contributed by atoms with E-state index in [0.29, 0.717) is 36.8 Å². The maximum Gasteiger partial charge on any atom is 0.391 e. The third-order valence-corrected chi connectivity index (χ3v) is 7.09. The van der Waals surface area contributed by atoms with Crippen molar-refractivity contribution in [3.8, 4) is 0 Å². The lowest BCUT2D eigenvalue weighted by Crippen LogP contribution is -2.45. The van der Waals surface area contributed by atoms with Gasteiger partial charge in [-0.05, 0) is 54.9 Å². The Balaban J connectivity index is 1.46. The molecule has 6 nitrogen and oxygen atoms in total. The van der Waals surface area contributed by atoms with Crippen LogP contribution in [0.4, 0.5) is 18.0 Å². The van der Waals surface area contributed by atoms with E-state index in [4.69, 9.17) is 23.2 Å². The zero-order valence-electron chi connectivity index (χ0n) is 18.3. The summed E-state index contributed by atoms with van der Waals surface area (Å²) < 4.78 is 39.7. The molecule has 1 saturated carbocycles. The van der Waals surface area contributed by atoms with Crippen LogP contribution in [-0.4, -0.2) is 44.8 Å². The zero-order valence-corrected chi connectivity index (χ0v) is 19.8. The molecule has 2 aliphatic rings. The van der Waals surface area contributed by atoms with Crippen LogP contribution in [0.1, 0.15) is 54.4 Å². The largest absolute Gasteiger partial charge is 0.393 e. The predicted octanol–water partition coefficient (Wildman–Crippen LogP) is 5.25. The number of alkyl halides is 3. The minimum Gasteiger partial charge on any atom is -0.393 e. The Labute approximate surface area is 205 Å². The molecule has 2 amide bonds. The van der Waals surface area contributed by atoms with Crippen molar-refractivity contribution >= 4 is 29.2 Å². The van der Waals surface area contributed by atoms with E-state index in [2.05, 4.69) is 15.3 Å². The summed E-state index contributed by atoms with van der Waals surface area (Å²) in [5, 5.41) is 12.6. The van der Waals surface area contributed by atoms with Gasteiger partial charge in [0.15, 0.2) is 0 Å². The lowest BCUT2D eigenvalue weighted by Gasteiger charge is -2.31. The van der Waals surface area contributed by atoms with Crippen molar-refractivity contribution in [2.45, 2.75) is 63.4 Å². The van der Waals surface area contributed by atoms with Gasteiger partial charge >= 0.3 is 12.2 Å². The molecule has 2 N–H and O–H groups in total. The molecule has 1 aromatic carbocycles. The summed E-state index contributed by atoms with van der Waals surface area (Å²) in [4.78, 5) is 23.5. The number of hydrogen-bond donors (Lipinski definition) is 2. The number of carbonyl (C=O) groups is 1. The number of urea groups is 1. The van der Waals surface area contributed by atoms with Gasteiger partial charge in [-0.1, -0.05) is 29.3 Å². The summed E-state index contributed by atoms with van der Waals surface area (Å²) in [6, 6.07) is 2.26. The Morgan fingerprint density at radius 1 is 1.26 bits per heavy atom. The summed E-state index contributed by atoms with van der Waals surface area (Å²) in [6.45, 7) is 0.528. The van der Waals surface area contributed by atoms with E-state index in [-0.39, 0.29) is 28.3 Å². The van der Waals surface area contributed by atoms with Crippen LogP contribution in [0.25, 0.3) is 0 Å². The molecule has 4 rings (SSSR count). The minimum absolute atomic E-state index is 0.117. The lowest BCUT2D eigenvalue weighted by atomic mass is 10.0. The fraction of sp³-hybridized carbons (Fsp3) is 0.522. The average Bonchev–Trinajstić information content (AvgIpc) is 3.18. The third-order valence-electron chi connectivity index (χ3n) is 6.35. The number of halogens is 5. The van der Waals surface area contributed by atoms with E-state index in [1.54, 1.807) is 6.20 Å². The first-order chi connectivity index (χ1) is 16.1. The Bertz CT molecular complexity index is 1050. The first-order valence-corrected chi connectivity index (χ1v) is 11.9. The second-order valence-corrected chi connectivity index (χ2v) is 9.78. The first-order valence-electron chi connectivity index (χ1n) is 11.2. The number of nitrogens with one attached hydrogen (secondary N) is 1. The first kappa shape index (κ1) is 25.0. The molecule has 0 saturated heterocycles. The highest BCUT2D eigenvalue weighted by atomic mass is 35.5. The number of benzene rings is 1.